The molecule has 0 atom stereocenters. The Hall–Kier alpha value is -2.82. The van der Waals surface area contributed by atoms with Gasteiger partial charge in [0.2, 0.25) is 21.8 Å². The summed E-state index contributed by atoms with van der Waals surface area (Å²) in [6.45, 7) is 5.25. The summed E-state index contributed by atoms with van der Waals surface area (Å²) in [7, 11) is -3.55. The zero-order valence-electron chi connectivity index (χ0n) is 22.9. The van der Waals surface area contributed by atoms with Gasteiger partial charge in [0.05, 0.1) is 18.9 Å². The molecule has 0 saturated carbocycles. The quantitative estimate of drug-likeness (QED) is 0.350. The second-order valence-corrected chi connectivity index (χ2v) is 12.0. The van der Waals surface area contributed by atoms with Crippen molar-refractivity contribution in [2.45, 2.75) is 58.7 Å². The summed E-state index contributed by atoms with van der Waals surface area (Å²) >= 11 is 0. The number of halogens is 1. The topological polar surface area (TPSA) is 87.2 Å². The highest BCUT2D eigenvalue weighted by molar-refractivity contribution is 7.89. The van der Waals surface area contributed by atoms with Crippen LogP contribution >= 0.6 is 0 Å². The molecule has 2 aromatic carbocycles. The van der Waals surface area contributed by atoms with Crippen LogP contribution in [0.1, 0.15) is 50.7 Å². The molecule has 1 aliphatic rings. The molecule has 0 unspecified atom stereocenters. The van der Waals surface area contributed by atoms with Gasteiger partial charge >= 0.3 is 0 Å². The third kappa shape index (κ3) is 9.40. The van der Waals surface area contributed by atoms with Crippen LogP contribution in [0.4, 0.5) is 4.39 Å². The van der Waals surface area contributed by atoms with Crippen LogP contribution in [0, 0.1) is 5.82 Å². The number of benzene rings is 2. The lowest BCUT2D eigenvalue weighted by Crippen LogP contribution is -2.52. The van der Waals surface area contributed by atoms with E-state index in [-0.39, 0.29) is 55.7 Å². The van der Waals surface area contributed by atoms with Gasteiger partial charge in [-0.3, -0.25) is 9.59 Å². The number of amides is 2. The average Bonchev–Trinajstić information content (AvgIpc) is 2.93. The predicted molar refractivity (Wildman–Crippen MR) is 149 cm³/mol. The van der Waals surface area contributed by atoms with E-state index < -0.39 is 10.0 Å². The van der Waals surface area contributed by atoms with Gasteiger partial charge in [-0.05, 0) is 48.9 Å². The minimum absolute atomic E-state index is 0.00884. The number of sulfonamides is 1. The summed E-state index contributed by atoms with van der Waals surface area (Å²) in [6, 6.07) is 15.5. The highest BCUT2D eigenvalue weighted by Crippen LogP contribution is 2.21. The Morgan fingerprint density at radius 1 is 0.974 bits per heavy atom. The minimum Gasteiger partial charge on any atom is -0.367 e. The molecule has 10 heteroatoms. The molecule has 3 rings (SSSR count). The van der Waals surface area contributed by atoms with Gasteiger partial charge in [0, 0.05) is 32.2 Å². The molecule has 0 N–H and O–H groups in total. The van der Waals surface area contributed by atoms with Crippen molar-refractivity contribution in [1.29, 1.82) is 0 Å². The number of nitrogens with zero attached hydrogens (tertiary/aromatic N) is 3. The van der Waals surface area contributed by atoms with Gasteiger partial charge in [0.1, 0.15) is 12.4 Å². The standard InChI is InChI=1S/C29H40FN3O5S/c1-3-16-32(39(36,37)19-4-2)21-28(34)33(20-24-10-12-26(30)13-11-24)27-14-17-31(18-15-27)29(35)23-38-22-25-8-6-5-7-9-25/h5-13,27H,3-4,14-23H2,1-2H3. The third-order valence-electron chi connectivity index (χ3n) is 6.82. The second-order valence-electron chi connectivity index (χ2n) is 9.89. The lowest BCUT2D eigenvalue weighted by atomic mass is 10.0. The fourth-order valence-corrected chi connectivity index (χ4v) is 6.29. The number of rotatable bonds is 14. The van der Waals surface area contributed by atoms with E-state index in [0.717, 1.165) is 11.1 Å². The summed E-state index contributed by atoms with van der Waals surface area (Å²) in [6.07, 6.45) is 2.19. The van der Waals surface area contributed by atoms with Crippen molar-refractivity contribution in [3.63, 3.8) is 0 Å². The van der Waals surface area contributed by atoms with Crippen LogP contribution in [0.15, 0.2) is 54.6 Å². The predicted octanol–water partition coefficient (Wildman–Crippen LogP) is 3.81. The second kappa shape index (κ2) is 15.1. The summed E-state index contributed by atoms with van der Waals surface area (Å²) in [5, 5.41) is 0. The lowest BCUT2D eigenvalue weighted by Gasteiger charge is -2.39. The maximum Gasteiger partial charge on any atom is 0.248 e. The first-order chi connectivity index (χ1) is 18.7. The van der Waals surface area contributed by atoms with Crippen molar-refractivity contribution in [3.8, 4) is 0 Å². The van der Waals surface area contributed by atoms with Crippen LogP contribution in [-0.2, 0) is 37.5 Å². The monoisotopic (exact) mass is 561 g/mol. The summed E-state index contributed by atoms with van der Waals surface area (Å²) in [5.74, 6) is -0.757. The smallest absolute Gasteiger partial charge is 0.248 e. The number of likely N-dealkylation sites (tertiary alicyclic amines) is 1. The van der Waals surface area contributed by atoms with Gasteiger partial charge in [-0.1, -0.05) is 56.3 Å². The van der Waals surface area contributed by atoms with Gasteiger partial charge in [-0.25, -0.2) is 12.8 Å². The number of carbonyl (C=O) groups excluding carboxylic acids is 2. The molecular formula is C29H40FN3O5S. The highest BCUT2D eigenvalue weighted by Gasteiger charge is 2.32. The van der Waals surface area contributed by atoms with Crippen LogP contribution in [0.2, 0.25) is 0 Å². The number of carbonyl (C=O) groups is 2. The van der Waals surface area contributed by atoms with E-state index in [0.29, 0.717) is 45.4 Å². The first-order valence-electron chi connectivity index (χ1n) is 13.6. The van der Waals surface area contributed by atoms with Gasteiger partial charge in [-0.2, -0.15) is 4.31 Å². The Balaban J connectivity index is 1.65. The molecule has 0 radical (unpaired) electrons. The highest BCUT2D eigenvalue weighted by atomic mass is 32.2. The van der Waals surface area contributed by atoms with Gasteiger partial charge in [0.25, 0.3) is 0 Å². The van der Waals surface area contributed by atoms with E-state index in [1.165, 1.54) is 16.4 Å². The van der Waals surface area contributed by atoms with Crippen LogP contribution in [-0.4, -0.2) is 78.9 Å². The van der Waals surface area contributed by atoms with Crippen LogP contribution in [0.3, 0.4) is 0 Å². The van der Waals surface area contributed by atoms with Crippen molar-refractivity contribution >= 4 is 21.8 Å². The molecule has 214 valence electrons. The molecular weight excluding hydrogens is 521 g/mol. The Morgan fingerprint density at radius 3 is 2.26 bits per heavy atom. The Labute approximate surface area is 231 Å². The summed E-state index contributed by atoms with van der Waals surface area (Å²) in [4.78, 5) is 29.8. The van der Waals surface area contributed by atoms with E-state index in [2.05, 4.69) is 0 Å². The fourth-order valence-electron chi connectivity index (χ4n) is 4.75. The number of hydrogen-bond acceptors (Lipinski definition) is 5. The molecule has 39 heavy (non-hydrogen) atoms. The largest absolute Gasteiger partial charge is 0.367 e. The SMILES string of the molecule is CCCN(CC(=O)N(Cc1ccc(F)cc1)C1CCN(C(=O)COCc2ccccc2)CC1)S(=O)(=O)CCC. The zero-order chi connectivity index (χ0) is 28.3. The number of ether oxygens (including phenoxy) is 1. The van der Waals surface area contributed by atoms with E-state index in [9.17, 15) is 22.4 Å². The summed E-state index contributed by atoms with van der Waals surface area (Å²) in [5.41, 5.74) is 1.76. The van der Waals surface area contributed by atoms with Crippen LogP contribution in [0.25, 0.3) is 0 Å². The van der Waals surface area contributed by atoms with Crippen molar-refractivity contribution in [3.05, 3.63) is 71.5 Å². The molecule has 1 aliphatic heterocycles. The molecule has 8 nitrogen and oxygen atoms in total. The third-order valence-corrected chi connectivity index (χ3v) is 8.84. The Morgan fingerprint density at radius 2 is 1.64 bits per heavy atom. The van der Waals surface area contributed by atoms with E-state index in [4.69, 9.17) is 4.74 Å². The van der Waals surface area contributed by atoms with Crippen molar-refractivity contribution < 1.29 is 27.1 Å². The zero-order valence-corrected chi connectivity index (χ0v) is 23.7. The van der Waals surface area contributed by atoms with Gasteiger partial charge in [0.15, 0.2) is 0 Å². The first kappa shape index (κ1) is 30.7. The molecule has 0 spiro atoms. The molecule has 0 aliphatic carbocycles. The van der Waals surface area contributed by atoms with Crippen molar-refractivity contribution in [2.24, 2.45) is 0 Å². The summed E-state index contributed by atoms with van der Waals surface area (Å²) < 4.78 is 46.0. The fraction of sp³-hybridized carbons (Fsp3) is 0.517. The minimum atomic E-state index is -3.55. The Kier molecular flexibility index (Phi) is 11.9. The molecule has 1 heterocycles. The van der Waals surface area contributed by atoms with Crippen LogP contribution in [0.5, 0.6) is 0 Å². The number of piperidine rings is 1. The normalized spacial score (nSPS) is 14.5. The van der Waals surface area contributed by atoms with Gasteiger partial charge < -0.3 is 14.5 Å². The van der Waals surface area contributed by atoms with E-state index in [1.54, 1.807) is 28.9 Å². The maximum atomic E-state index is 13.6. The van der Waals surface area contributed by atoms with Crippen molar-refractivity contribution in [1.82, 2.24) is 14.1 Å². The lowest BCUT2D eigenvalue weighted by molar-refractivity contribution is -0.140. The molecule has 0 bridgehead atoms. The van der Waals surface area contributed by atoms with Crippen molar-refractivity contribution in [2.75, 3.05) is 38.5 Å². The Bertz CT molecular complexity index is 1150. The molecule has 2 amide bonds. The van der Waals surface area contributed by atoms with Gasteiger partial charge in [-0.15, -0.1) is 0 Å². The molecule has 0 aromatic heterocycles. The molecule has 1 saturated heterocycles. The average molecular weight is 562 g/mol. The molecule has 2 aromatic rings. The number of hydrogen-bond donors (Lipinski definition) is 0. The molecule has 1 fully saturated rings. The maximum absolute atomic E-state index is 13.6. The van der Waals surface area contributed by atoms with E-state index in [1.807, 2.05) is 37.3 Å². The first-order valence-corrected chi connectivity index (χ1v) is 15.3. The van der Waals surface area contributed by atoms with E-state index >= 15 is 0 Å². The van der Waals surface area contributed by atoms with Crippen LogP contribution < -0.4 is 0 Å².